The molecule has 1 aliphatic rings. The monoisotopic (exact) mass is 249 g/mol. The van der Waals surface area contributed by atoms with Gasteiger partial charge in [-0.2, -0.15) is 5.26 Å². The van der Waals surface area contributed by atoms with Crippen molar-refractivity contribution in [3.8, 4) is 6.07 Å². The largest absolute Gasteiger partial charge is 0.398 e. The molecule has 19 heavy (non-hydrogen) atoms. The van der Waals surface area contributed by atoms with Gasteiger partial charge >= 0.3 is 0 Å². The molecule has 0 fully saturated rings. The smallest absolute Gasteiger partial charge is 0.101 e. The summed E-state index contributed by atoms with van der Waals surface area (Å²) in [5.41, 5.74) is 10.7. The molecule has 3 heteroatoms. The van der Waals surface area contributed by atoms with Crippen molar-refractivity contribution in [1.29, 1.82) is 5.26 Å². The summed E-state index contributed by atoms with van der Waals surface area (Å²) in [6.45, 7) is 1.86. The number of nitriles is 1. The second-order valence-electron chi connectivity index (χ2n) is 4.83. The van der Waals surface area contributed by atoms with Crippen LogP contribution in [-0.2, 0) is 13.0 Å². The maximum absolute atomic E-state index is 9.02. The number of hydrogen-bond donors (Lipinski definition) is 1. The Morgan fingerprint density at radius 2 is 2.05 bits per heavy atom. The van der Waals surface area contributed by atoms with Crippen molar-refractivity contribution < 1.29 is 0 Å². The standard InChI is InChI=1S/C16H15N3/c17-10-14-9-12(5-6-15(14)18)11-19-8-7-13-3-1-2-4-16(13)19/h1-6,9H,7-8,11,18H2. The third-order valence-corrected chi connectivity index (χ3v) is 3.59. The van der Waals surface area contributed by atoms with Crippen LogP contribution in [0, 0.1) is 11.3 Å². The molecular formula is C16H15N3. The minimum atomic E-state index is 0.549. The van der Waals surface area contributed by atoms with E-state index < -0.39 is 0 Å². The van der Waals surface area contributed by atoms with E-state index in [9.17, 15) is 0 Å². The van der Waals surface area contributed by atoms with E-state index in [0.717, 1.165) is 25.1 Å². The average Bonchev–Trinajstić information content (AvgIpc) is 2.84. The number of anilines is 2. The fraction of sp³-hybridized carbons (Fsp3) is 0.188. The molecule has 2 aromatic rings. The molecule has 94 valence electrons. The maximum Gasteiger partial charge on any atom is 0.101 e. The van der Waals surface area contributed by atoms with Crippen LogP contribution in [0.1, 0.15) is 16.7 Å². The van der Waals surface area contributed by atoms with Gasteiger partial charge in [0.25, 0.3) is 0 Å². The van der Waals surface area contributed by atoms with Crippen molar-refractivity contribution in [3.05, 3.63) is 59.2 Å². The number of para-hydroxylation sites is 1. The Hall–Kier alpha value is -2.47. The summed E-state index contributed by atoms with van der Waals surface area (Å²) in [5, 5.41) is 9.02. The highest BCUT2D eigenvalue weighted by molar-refractivity contribution is 5.59. The maximum atomic E-state index is 9.02. The Kier molecular flexibility index (Phi) is 2.85. The van der Waals surface area contributed by atoms with Gasteiger partial charge in [-0.15, -0.1) is 0 Å². The zero-order chi connectivity index (χ0) is 13.2. The van der Waals surface area contributed by atoms with Crippen LogP contribution in [0.4, 0.5) is 11.4 Å². The van der Waals surface area contributed by atoms with Crippen LogP contribution in [0.5, 0.6) is 0 Å². The van der Waals surface area contributed by atoms with Crippen LogP contribution >= 0.6 is 0 Å². The lowest BCUT2D eigenvalue weighted by atomic mass is 10.1. The highest BCUT2D eigenvalue weighted by Gasteiger charge is 2.18. The first-order chi connectivity index (χ1) is 9.28. The number of fused-ring (bicyclic) bond motifs is 1. The second kappa shape index (κ2) is 4.66. The number of nitrogens with two attached hydrogens (primary N) is 1. The lowest BCUT2D eigenvalue weighted by molar-refractivity contribution is 0.836. The van der Waals surface area contributed by atoms with Crippen molar-refractivity contribution in [2.24, 2.45) is 0 Å². The second-order valence-corrected chi connectivity index (χ2v) is 4.83. The Morgan fingerprint density at radius 1 is 1.21 bits per heavy atom. The van der Waals surface area contributed by atoms with E-state index in [4.69, 9.17) is 11.0 Å². The Balaban J connectivity index is 1.86. The van der Waals surface area contributed by atoms with Crippen molar-refractivity contribution in [2.75, 3.05) is 17.2 Å². The van der Waals surface area contributed by atoms with Crippen molar-refractivity contribution >= 4 is 11.4 Å². The molecule has 0 atom stereocenters. The van der Waals surface area contributed by atoms with Gasteiger partial charge in [-0.3, -0.25) is 0 Å². The van der Waals surface area contributed by atoms with Crippen molar-refractivity contribution in [1.82, 2.24) is 0 Å². The van der Waals surface area contributed by atoms with Crippen molar-refractivity contribution in [3.63, 3.8) is 0 Å². The fourth-order valence-corrected chi connectivity index (χ4v) is 2.59. The molecule has 0 aromatic heterocycles. The third-order valence-electron chi connectivity index (χ3n) is 3.59. The van der Waals surface area contributed by atoms with Crippen LogP contribution in [-0.4, -0.2) is 6.54 Å². The van der Waals surface area contributed by atoms with Crippen LogP contribution in [0.15, 0.2) is 42.5 Å². The van der Waals surface area contributed by atoms with Gasteiger partial charge in [0.2, 0.25) is 0 Å². The predicted molar refractivity (Wildman–Crippen MR) is 76.8 cm³/mol. The molecule has 3 rings (SSSR count). The quantitative estimate of drug-likeness (QED) is 0.832. The van der Waals surface area contributed by atoms with Crippen LogP contribution < -0.4 is 10.6 Å². The van der Waals surface area contributed by atoms with Gasteiger partial charge < -0.3 is 10.6 Å². The highest BCUT2D eigenvalue weighted by Crippen LogP contribution is 2.29. The molecule has 0 aliphatic carbocycles. The Morgan fingerprint density at radius 3 is 2.89 bits per heavy atom. The lowest BCUT2D eigenvalue weighted by Gasteiger charge is -2.19. The van der Waals surface area contributed by atoms with E-state index in [0.29, 0.717) is 11.3 Å². The zero-order valence-corrected chi connectivity index (χ0v) is 10.6. The molecule has 0 unspecified atom stereocenters. The first kappa shape index (κ1) is 11.6. The van der Waals surface area contributed by atoms with E-state index in [1.165, 1.54) is 11.3 Å². The Bertz CT molecular complexity index is 655. The summed E-state index contributed by atoms with van der Waals surface area (Å²) < 4.78 is 0. The first-order valence-electron chi connectivity index (χ1n) is 6.39. The third kappa shape index (κ3) is 2.13. The number of rotatable bonds is 2. The van der Waals surface area contributed by atoms with Gasteiger partial charge in [0.1, 0.15) is 6.07 Å². The van der Waals surface area contributed by atoms with E-state index in [-0.39, 0.29) is 0 Å². The number of hydrogen-bond acceptors (Lipinski definition) is 3. The molecule has 2 N–H and O–H groups in total. The van der Waals surface area contributed by atoms with Crippen LogP contribution in [0.25, 0.3) is 0 Å². The molecule has 3 nitrogen and oxygen atoms in total. The van der Waals surface area contributed by atoms with Gasteiger partial charge in [-0.05, 0) is 35.7 Å². The molecule has 0 radical (unpaired) electrons. The molecule has 0 saturated carbocycles. The normalized spacial score (nSPS) is 13.1. The van der Waals surface area contributed by atoms with E-state index >= 15 is 0 Å². The van der Waals surface area contributed by atoms with E-state index in [2.05, 4.69) is 35.2 Å². The van der Waals surface area contributed by atoms with Gasteiger partial charge in [0.15, 0.2) is 0 Å². The summed E-state index contributed by atoms with van der Waals surface area (Å²) in [5.74, 6) is 0. The average molecular weight is 249 g/mol. The number of nitrogens with zero attached hydrogens (tertiary/aromatic N) is 2. The fourth-order valence-electron chi connectivity index (χ4n) is 2.59. The van der Waals surface area contributed by atoms with Crippen LogP contribution in [0.2, 0.25) is 0 Å². The molecular weight excluding hydrogens is 234 g/mol. The molecule has 0 saturated heterocycles. The Labute approximate surface area is 112 Å². The van der Waals surface area contributed by atoms with Crippen molar-refractivity contribution in [2.45, 2.75) is 13.0 Å². The van der Waals surface area contributed by atoms with Gasteiger partial charge in [-0.25, -0.2) is 0 Å². The summed E-state index contributed by atoms with van der Waals surface area (Å²) >= 11 is 0. The lowest BCUT2D eigenvalue weighted by Crippen LogP contribution is -2.19. The number of benzene rings is 2. The molecule has 1 aliphatic heterocycles. The zero-order valence-electron chi connectivity index (χ0n) is 10.6. The van der Waals surface area contributed by atoms with Gasteiger partial charge in [-0.1, -0.05) is 24.3 Å². The highest BCUT2D eigenvalue weighted by atomic mass is 15.1. The van der Waals surface area contributed by atoms with Gasteiger partial charge in [0, 0.05) is 24.5 Å². The molecule has 0 amide bonds. The molecule has 1 heterocycles. The molecule has 0 bridgehead atoms. The van der Waals surface area contributed by atoms with Gasteiger partial charge in [0.05, 0.1) is 5.56 Å². The molecule has 2 aromatic carbocycles. The summed E-state index contributed by atoms with van der Waals surface area (Å²) in [4.78, 5) is 2.35. The SMILES string of the molecule is N#Cc1cc(CN2CCc3ccccc32)ccc1N. The van der Waals surface area contributed by atoms with E-state index in [1.54, 1.807) is 0 Å². The topological polar surface area (TPSA) is 53.0 Å². The summed E-state index contributed by atoms with van der Waals surface area (Å²) in [7, 11) is 0. The van der Waals surface area contributed by atoms with Crippen LogP contribution in [0.3, 0.4) is 0 Å². The summed E-state index contributed by atoms with van der Waals surface area (Å²) in [6, 6.07) is 16.3. The molecule has 0 spiro atoms. The van der Waals surface area contributed by atoms with E-state index in [1.807, 2.05) is 18.2 Å². The minimum Gasteiger partial charge on any atom is -0.398 e. The minimum absolute atomic E-state index is 0.549. The predicted octanol–water partition coefficient (Wildman–Crippen LogP) is 2.70. The summed E-state index contributed by atoms with van der Waals surface area (Å²) in [6.07, 6.45) is 1.09. The first-order valence-corrected chi connectivity index (χ1v) is 6.39. The number of nitrogen functional groups attached to an aromatic ring is 1.